The smallest absolute Gasteiger partial charge is 0.274 e. The van der Waals surface area contributed by atoms with Gasteiger partial charge in [0.25, 0.3) is 11.6 Å². The number of hydrogen-bond donors (Lipinski definition) is 1. The molecule has 2 aromatic carbocycles. The Hall–Kier alpha value is -3.34. The summed E-state index contributed by atoms with van der Waals surface area (Å²) in [7, 11) is 0.422. The van der Waals surface area contributed by atoms with E-state index in [0.29, 0.717) is 0 Å². The van der Waals surface area contributed by atoms with Gasteiger partial charge in [-0.15, -0.1) is 0 Å². The third kappa shape index (κ3) is 4.46. The van der Waals surface area contributed by atoms with Crippen molar-refractivity contribution >= 4 is 33.0 Å². The summed E-state index contributed by atoms with van der Waals surface area (Å²) in [6.45, 7) is 3.00. The first-order valence-corrected chi connectivity index (χ1v) is 10.5. The molecular weight excluding hydrogens is 414 g/mol. The molecule has 0 aromatic heterocycles. The quantitative estimate of drug-likeness (QED) is 0.497. The molecule has 0 aliphatic carbocycles. The standard InChI is InChI=1S/C19H23N3O7S/c1-6-30(26,27)21(3)16-11-18(29-5)17(28-4)10-13(16)19(23)20-14-8-7-9-15(12(14)2)22(24)25/h7-11H,6H2,1-5H3,(H,20,23). The molecule has 11 heteroatoms. The lowest BCUT2D eigenvalue weighted by Crippen LogP contribution is -2.30. The fraction of sp³-hybridized carbons (Fsp3) is 0.316. The van der Waals surface area contributed by atoms with Crippen LogP contribution >= 0.6 is 0 Å². The number of nitrogens with zero attached hydrogens (tertiary/aromatic N) is 2. The summed E-state index contributed by atoms with van der Waals surface area (Å²) in [4.78, 5) is 23.7. The van der Waals surface area contributed by atoms with E-state index in [1.165, 1.54) is 65.4 Å². The second-order valence-electron chi connectivity index (χ2n) is 6.25. The molecular formula is C19H23N3O7S. The highest BCUT2D eigenvalue weighted by molar-refractivity contribution is 7.92. The number of ether oxygens (including phenoxy) is 2. The molecule has 30 heavy (non-hydrogen) atoms. The predicted octanol–water partition coefficient (Wildman–Crippen LogP) is 2.96. The highest BCUT2D eigenvalue weighted by Crippen LogP contribution is 2.36. The molecule has 1 N–H and O–H groups in total. The maximum Gasteiger partial charge on any atom is 0.274 e. The van der Waals surface area contributed by atoms with Crippen LogP contribution < -0.4 is 19.1 Å². The molecule has 0 fully saturated rings. The summed E-state index contributed by atoms with van der Waals surface area (Å²) in [6, 6.07) is 7.05. The number of methoxy groups -OCH3 is 2. The highest BCUT2D eigenvalue weighted by Gasteiger charge is 2.26. The summed E-state index contributed by atoms with van der Waals surface area (Å²) >= 11 is 0. The molecule has 0 bridgehead atoms. The molecule has 0 aliphatic heterocycles. The van der Waals surface area contributed by atoms with E-state index < -0.39 is 20.9 Å². The van der Waals surface area contributed by atoms with Crippen LogP contribution in [0.1, 0.15) is 22.8 Å². The maximum absolute atomic E-state index is 13.1. The molecule has 0 saturated carbocycles. The van der Waals surface area contributed by atoms with Gasteiger partial charge in [-0.3, -0.25) is 19.2 Å². The lowest BCUT2D eigenvalue weighted by molar-refractivity contribution is -0.385. The van der Waals surface area contributed by atoms with Crippen LogP contribution in [0.25, 0.3) is 0 Å². The van der Waals surface area contributed by atoms with Crippen LogP contribution in [0.3, 0.4) is 0 Å². The van der Waals surface area contributed by atoms with Crippen LogP contribution in [0.4, 0.5) is 17.1 Å². The summed E-state index contributed by atoms with van der Waals surface area (Å²) in [5.74, 6) is -0.367. The van der Waals surface area contributed by atoms with Crippen molar-refractivity contribution in [2.24, 2.45) is 0 Å². The molecule has 2 aromatic rings. The Labute approximate surface area is 174 Å². The monoisotopic (exact) mass is 437 g/mol. The third-order valence-electron chi connectivity index (χ3n) is 4.62. The lowest BCUT2D eigenvalue weighted by Gasteiger charge is -2.23. The molecule has 10 nitrogen and oxygen atoms in total. The van der Waals surface area contributed by atoms with Crippen LogP contribution in [0, 0.1) is 17.0 Å². The van der Waals surface area contributed by atoms with Crippen molar-refractivity contribution in [1.29, 1.82) is 0 Å². The topological polar surface area (TPSA) is 128 Å². The minimum atomic E-state index is -3.68. The van der Waals surface area contributed by atoms with Gasteiger partial charge in [-0.25, -0.2) is 8.42 Å². The van der Waals surface area contributed by atoms with Crippen molar-refractivity contribution in [2.75, 3.05) is 36.6 Å². The Morgan fingerprint density at radius 2 is 1.80 bits per heavy atom. The maximum atomic E-state index is 13.1. The lowest BCUT2D eigenvalue weighted by atomic mass is 10.1. The number of nitrogens with one attached hydrogen (secondary N) is 1. The Balaban J connectivity index is 2.60. The van der Waals surface area contributed by atoms with E-state index in [9.17, 15) is 23.3 Å². The fourth-order valence-electron chi connectivity index (χ4n) is 2.80. The summed E-state index contributed by atoms with van der Waals surface area (Å²) in [5.41, 5.74) is 0.433. The summed E-state index contributed by atoms with van der Waals surface area (Å²) < 4.78 is 36.3. The van der Waals surface area contributed by atoms with E-state index in [1.54, 1.807) is 0 Å². The molecule has 0 aliphatic rings. The van der Waals surface area contributed by atoms with E-state index in [4.69, 9.17) is 9.47 Å². The average Bonchev–Trinajstić information content (AvgIpc) is 2.73. The summed E-state index contributed by atoms with van der Waals surface area (Å²) in [5, 5.41) is 13.8. The number of benzene rings is 2. The number of nitro benzene ring substituents is 1. The van der Waals surface area contributed by atoms with Gasteiger partial charge in [-0.2, -0.15) is 0 Å². The van der Waals surface area contributed by atoms with E-state index in [-0.39, 0.29) is 45.4 Å². The molecule has 0 radical (unpaired) electrons. The van der Waals surface area contributed by atoms with Gasteiger partial charge in [0.1, 0.15) is 0 Å². The number of amides is 1. The number of nitro groups is 1. The van der Waals surface area contributed by atoms with E-state index in [1.807, 2.05) is 0 Å². The van der Waals surface area contributed by atoms with Gasteiger partial charge < -0.3 is 14.8 Å². The van der Waals surface area contributed by atoms with E-state index >= 15 is 0 Å². The molecule has 0 saturated heterocycles. The van der Waals surface area contributed by atoms with Crippen LogP contribution in [-0.4, -0.2) is 46.3 Å². The Bertz CT molecular complexity index is 1080. The Kier molecular flexibility index (Phi) is 6.88. The SMILES string of the molecule is CCS(=O)(=O)N(C)c1cc(OC)c(OC)cc1C(=O)Nc1cccc([N+](=O)[O-])c1C. The van der Waals surface area contributed by atoms with E-state index in [2.05, 4.69) is 5.32 Å². The second kappa shape index (κ2) is 8.99. The zero-order valence-corrected chi connectivity index (χ0v) is 18.1. The number of rotatable bonds is 8. The van der Waals surface area contributed by atoms with Gasteiger partial charge in [0, 0.05) is 19.2 Å². The number of carbonyl (C=O) groups is 1. The summed E-state index contributed by atoms with van der Waals surface area (Å²) in [6.07, 6.45) is 0. The number of carbonyl (C=O) groups excluding carboxylic acids is 1. The first kappa shape index (κ1) is 22.9. The van der Waals surface area contributed by atoms with Crippen molar-refractivity contribution in [3.05, 3.63) is 51.6 Å². The van der Waals surface area contributed by atoms with Crippen molar-refractivity contribution in [3.63, 3.8) is 0 Å². The fourth-order valence-corrected chi connectivity index (χ4v) is 3.64. The molecule has 0 atom stereocenters. The second-order valence-corrected chi connectivity index (χ2v) is 8.54. The van der Waals surface area contributed by atoms with Crippen molar-refractivity contribution in [2.45, 2.75) is 13.8 Å². The third-order valence-corrected chi connectivity index (χ3v) is 6.38. The zero-order valence-electron chi connectivity index (χ0n) is 17.3. The molecule has 162 valence electrons. The van der Waals surface area contributed by atoms with Gasteiger partial charge in [0.05, 0.1) is 47.4 Å². The normalized spacial score (nSPS) is 11.0. The molecule has 1 amide bonds. The van der Waals surface area contributed by atoms with Crippen molar-refractivity contribution in [1.82, 2.24) is 0 Å². The van der Waals surface area contributed by atoms with Crippen LogP contribution in [0.15, 0.2) is 30.3 Å². The zero-order chi connectivity index (χ0) is 22.6. The van der Waals surface area contributed by atoms with Crippen LogP contribution in [0.5, 0.6) is 11.5 Å². The predicted molar refractivity (Wildman–Crippen MR) is 113 cm³/mol. The average molecular weight is 437 g/mol. The van der Waals surface area contributed by atoms with E-state index in [0.717, 1.165) is 4.31 Å². The van der Waals surface area contributed by atoms with Crippen LogP contribution in [0.2, 0.25) is 0 Å². The Morgan fingerprint density at radius 1 is 1.20 bits per heavy atom. The van der Waals surface area contributed by atoms with Crippen molar-refractivity contribution in [3.8, 4) is 11.5 Å². The van der Waals surface area contributed by atoms with Crippen LogP contribution in [-0.2, 0) is 10.0 Å². The minimum absolute atomic E-state index is 0.00178. The number of sulfonamides is 1. The number of anilines is 2. The molecule has 0 heterocycles. The number of hydrogen-bond acceptors (Lipinski definition) is 7. The van der Waals surface area contributed by atoms with Gasteiger partial charge in [0.2, 0.25) is 10.0 Å². The first-order chi connectivity index (χ1) is 14.1. The van der Waals surface area contributed by atoms with Gasteiger partial charge in [-0.05, 0) is 26.0 Å². The highest BCUT2D eigenvalue weighted by atomic mass is 32.2. The molecule has 0 unspecified atom stereocenters. The van der Waals surface area contributed by atoms with Gasteiger partial charge in [0.15, 0.2) is 11.5 Å². The van der Waals surface area contributed by atoms with Gasteiger partial charge >= 0.3 is 0 Å². The van der Waals surface area contributed by atoms with Crippen molar-refractivity contribution < 1.29 is 27.6 Å². The minimum Gasteiger partial charge on any atom is -0.493 e. The largest absolute Gasteiger partial charge is 0.493 e. The molecule has 2 rings (SSSR count). The first-order valence-electron chi connectivity index (χ1n) is 8.85. The Morgan fingerprint density at radius 3 is 2.33 bits per heavy atom. The molecule has 0 spiro atoms. The van der Waals surface area contributed by atoms with Gasteiger partial charge in [-0.1, -0.05) is 6.07 Å².